The summed E-state index contributed by atoms with van der Waals surface area (Å²) in [5.41, 5.74) is 6.51. The molecule has 0 radical (unpaired) electrons. The Kier molecular flexibility index (Phi) is 3.76. The Morgan fingerprint density at radius 2 is 2.43 bits per heavy atom. The van der Waals surface area contributed by atoms with E-state index in [1.54, 1.807) is 19.2 Å². The largest absolute Gasteiger partial charge is 0.462 e. The summed E-state index contributed by atoms with van der Waals surface area (Å²) in [6.07, 6.45) is 3.40. The van der Waals surface area contributed by atoms with E-state index in [2.05, 4.69) is 4.98 Å². The number of esters is 1. The van der Waals surface area contributed by atoms with Gasteiger partial charge in [-0.1, -0.05) is 0 Å². The molecule has 1 rings (SSSR count). The van der Waals surface area contributed by atoms with Crippen LogP contribution in [0.2, 0.25) is 0 Å². The number of carbonyl (C=O) groups is 1. The van der Waals surface area contributed by atoms with Crippen LogP contribution in [0, 0.1) is 0 Å². The molecule has 0 spiro atoms. The van der Waals surface area contributed by atoms with Gasteiger partial charge in [0.2, 0.25) is 0 Å². The molecule has 4 nitrogen and oxygen atoms in total. The molecular formula is C9H12N2O2S. The number of aromatic nitrogens is 1. The highest BCUT2D eigenvalue weighted by Crippen LogP contribution is 2.23. The van der Waals surface area contributed by atoms with Gasteiger partial charge in [0.05, 0.1) is 17.9 Å². The maximum absolute atomic E-state index is 11.4. The number of hydrogen-bond acceptors (Lipinski definition) is 5. The lowest BCUT2D eigenvalue weighted by molar-refractivity contribution is 0.0527. The van der Waals surface area contributed by atoms with Crippen molar-refractivity contribution in [3.05, 3.63) is 17.8 Å². The highest BCUT2D eigenvalue weighted by atomic mass is 32.2. The van der Waals surface area contributed by atoms with E-state index in [0.29, 0.717) is 22.9 Å². The molecule has 0 saturated heterocycles. The molecule has 0 aliphatic rings. The van der Waals surface area contributed by atoms with Crippen LogP contribution < -0.4 is 5.73 Å². The summed E-state index contributed by atoms with van der Waals surface area (Å²) in [6.45, 7) is 2.10. The molecule has 0 aliphatic carbocycles. The maximum Gasteiger partial charge on any atom is 0.340 e. The van der Waals surface area contributed by atoms with Crippen LogP contribution in [-0.2, 0) is 4.74 Å². The normalized spacial score (nSPS) is 9.86. The molecule has 0 amide bonds. The molecule has 76 valence electrons. The number of rotatable bonds is 3. The zero-order valence-electron chi connectivity index (χ0n) is 8.11. The van der Waals surface area contributed by atoms with Gasteiger partial charge in [-0.25, -0.2) is 9.78 Å². The number of hydrogen-bond donors (Lipinski definition) is 1. The Morgan fingerprint density at radius 3 is 3.00 bits per heavy atom. The number of pyridine rings is 1. The SMILES string of the molecule is CCOC(=O)c1ccnc(SC)c1N. The molecule has 0 saturated carbocycles. The monoisotopic (exact) mass is 212 g/mol. The van der Waals surface area contributed by atoms with Gasteiger partial charge in [-0.2, -0.15) is 0 Å². The van der Waals surface area contributed by atoms with E-state index < -0.39 is 5.97 Å². The molecule has 5 heteroatoms. The smallest absolute Gasteiger partial charge is 0.340 e. The number of nitrogens with zero attached hydrogens (tertiary/aromatic N) is 1. The van der Waals surface area contributed by atoms with E-state index >= 15 is 0 Å². The lowest BCUT2D eigenvalue weighted by Crippen LogP contribution is -2.09. The molecule has 0 bridgehead atoms. The van der Waals surface area contributed by atoms with Crippen LogP contribution in [0.1, 0.15) is 17.3 Å². The minimum Gasteiger partial charge on any atom is -0.462 e. The van der Waals surface area contributed by atoms with Crippen LogP contribution >= 0.6 is 11.8 Å². The average Bonchev–Trinajstić information content (AvgIpc) is 2.18. The Bertz CT molecular complexity index is 342. The van der Waals surface area contributed by atoms with Gasteiger partial charge in [0, 0.05) is 6.20 Å². The van der Waals surface area contributed by atoms with E-state index in [1.165, 1.54) is 11.8 Å². The van der Waals surface area contributed by atoms with Crippen LogP contribution in [0.4, 0.5) is 5.69 Å². The molecule has 2 N–H and O–H groups in total. The molecule has 14 heavy (non-hydrogen) atoms. The predicted molar refractivity (Wildman–Crippen MR) is 56.4 cm³/mol. The fourth-order valence-electron chi connectivity index (χ4n) is 1.00. The van der Waals surface area contributed by atoms with Gasteiger partial charge < -0.3 is 10.5 Å². The van der Waals surface area contributed by atoms with Gasteiger partial charge in [0.15, 0.2) is 0 Å². The van der Waals surface area contributed by atoms with Gasteiger partial charge >= 0.3 is 5.97 Å². The first-order valence-electron chi connectivity index (χ1n) is 4.16. The number of nitrogens with two attached hydrogens (primary N) is 1. The standard InChI is InChI=1S/C9H12N2O2S/c1-3-13-9(12)6-4-5-11-8(14-2)7(6)10/h4-5H,3,10H2,1-2H3. The summed E-state index contributed by atoms with van der Waals surface area (Å²) in [5, 5.41) is 0.649. The number of thioether (sulfide) groups is 1. The molecule has 0 unspecified atom stereocenters. The van der Waals surface area contributed by atoms with Crippen molar-refractivity contribution in [2.75, 3.05) is 18.6 Å². The zero-order valence-corrected chi connectivity index (χ0v) is 8.93. The van der Waals surface area contributed by atoms with Crippen LogP contribution in [0.15, 0.2) is 17.3 Å². The van der Waals surface area contributed by atoms with Gasteiger partial charge in [-0.05, 0) is 19.2 Å². The van der Waals surface area contributed by atoms with Crippen molar-refractivity contribution in [2.24, 2.45) is 0 Å². The summed E-state index contributed by atoms with van der Waals surface area (Å²) in [4.78, 5) is 15.4. The molecule has 0 aliphatic heterocycles. The van der Waals surface area contributed by atoms with Gasteiger partial charge in [0.1, 0.15) is 5.03 Å². The minimum absolute atomic E-state index is 0.342. The van der Waals surface area contributed by atoms with E-state index in [9.17, 15) is 4.79 Å². The van der Waals surface area contributed by atoms with Crippen LogP contribution in [0.25, 0.3) is 0 Å². The summed E-state index contributed by atoms with van der Waals surface area (Å²) in [6, 6.07) is 1.56. The Balaban J connectivity index is 3.03. The number of carbonyl (C=O) groups excluding carboxylic acids is 1. The Labute approximate surface area is 86.8 Å². The quantitative estimate of drug-likeness (QED) is 0.608. The average molecular weight is 212 g/mol. The van der Waals surface area contributed by atoms with Crippen molar-refractivity contribution >= 4 is 23.4 Å². The first-order chi connectivity index (χ1) is 6.70. The fraction of sp³-hybridized carbons (Fsp3) is 0.333. The molecule has 0 fully saturated rings. The molecule has 1 heterocycles. The Morgan fingerprint density at radius 1 is 1.71 bits per heavy atom. The van der Waals surface area contributed by atoms with Crippen molar-refractivity contribution in [2.45, 2.75) is 11.9 Å². The second-order valence-electron chi connectivity index (χ2n) is 2.50. The summed E-state index contributed by atoms with van der Waals surface area (Å²) in [7, 11) is 0. The third kappa shape index (κ3) is 2.17. The van der Waals surface area contributed by atoms with Crippen LogP contribution in [-0.4, -0.2) is 23.8 Å². The summed E-state index contributed by atoms with van der Waals surface area (Å²) >= 11 is 1.40. The fourth-order valence-corrected chi connectivity index (χ4v) is 1.50. The van der Waals surface area contributed by atoms with Crippen molar-refractivity contribution in [1.82, 2.24) is 4.98 Å². The van der Waals surface area contributed by atoms with E-state index in [0.717, 1.165) is 0 Å². The van der Waals surface area contributed by atoms with Crippen LogP contribution in [0.3, 0.4) is 0 Å². The lowest BCUT2D eigenvalue weighted by Gasteiger charge is -2.06. The highest BCUT2D eigenvalue weighted by Gasteiger charge is 2.13. The second kappa shape index (κ2) is 4.85. The molecule has 0 atom stereocenters. The van der Waals surface area contributed by atoms with Crippen molar-refractivity contribution in [3.63, 3.8) is 0 Å². The first-order valence-corrected chi connectivity index (χ1v) is 5.38. The lowest BCUT2D eigenvalue weighted by atomic mass is 10.2. The van der Waals surface area contributed by atoms with Gasteiger partial charge in [0.25, 0.3) is 0 Å². The van der Waals surface area contributed by atoms with Gasteiger partial charge in [-0.3, -0.25) is 0 Å². The number of anilines is 1. The zero-order chi connectivity index (χ0) is 10.6. The first kappa shape index (κ1) is 10.8. The predicted octanol–water partition coefficient (Wildman–Crippen LogP) is 1.56. The van der Waals surface area contributed by atoms with Crippen molar-refractivity contribution in [1.29, 1.82) is 0 Å². The second-order valence-corrected chi connectivity index (χ2v) is 3.30. The summed E-state index contributed by atoms with van der Waals surface area (Å²) < 4.78 is 4.85. The highest BCUT2D eigenvalue weighted by molar-refractivity contribution is 7.98. The summed E-state index contributed by atoms with van der Waals surface area (Å²) in [5.74, 6) is -0.400. The molecule has 1 aromatic heterocycles. The minimum atomic E-state index is -0.400. The maximum atomic E-state index is 11.4. The molecular weight excluding hydrogens is 200 g/mol. The number of ether oxygens (including phenoxy) is 1. The molecule has 0 aromatic carbocycles. The topological polar surface area (TPSA) is 65.2 Å². The van der Waals surface area contributed by atoms with Crippen molar-refractivity contribution in [3.8, 4) is 0 Å². The van der Waals surface area contributed by atoms with Crippen LogP contribution in [0.5, 0.6) is 0 Å². The van der Waals surface area contributed by atoms with E-state index in [1.807, 2.05) is 6.26 Å². The van der Waals surface area contributed by atoms with E-state index in [4.69, 9.17) is 10.5 Å². The third-order valence-electron chi connectivity index (χ3n) is 1.64. The third-order valence-corrected chi connectivity index (χ3v) is 2.35. The van der Waals surface area contributed by atoms with E-state index in [-0.39, 0.29) is 0 Å². The number of nitrogen functional groups attached to an aromatic ring is 1. The Hall–Kier alpha value is -1.23. The van der Waals surface area contributed by atoms with Gasteiger partial charge in [-0.15, -0.1) is 11.8 Å². The van der Waals surface area contributed by atoms with Crippen molar-refractivity contribution < 1.29 is 9.53 Å². The molecule has 1 aromatic rings.